The fraction of sp³-hybridized carbons (Fsp3) is 0.810. The number of nitrogens with one attached hydrogen (secondary N) is 3. The minimum Gasteiger partial charge on any atom is -0.357 e. The molecule has 5 aliphatic rings. The molecule has 1 heterocycles. The zero-order valence-corrected chi connectivity index (χ0v) is 17.2. The Bertz CT molecular complexity index is 672. The highest BCUT2D eigenvalue weighted by Crippen LogP contribution is 2.60. The van der Waals surface area contributed by atoms with E-state index in [-0.39, 0.29) is 42.1 Å². The van der Waals surface area contributed by atoms with Gasteiger partial charge in [0.05, 0.1) is 13.1 Å². The summed E-state index contributed by atoms with van der Waals surface area (Å²) in [5.41, 5.74) is -0.277. The molecule has 0 spiro atoms. The van der Waals surface area contributed by atoms with E-state index in [4.69, 9.17) is 0 Å². The lowest BCUT2D eigenvalue weighted by Gasteiger charge is -2.55. The number of rotatable bonds is 6. The van der Waals surface area contributed by atoms with Gasteiger partial charge in [-0.15, -0.1) is 0 Å². The molecule has 0 aromatic rings. The smallest absolute Gasteiger partial charge is 0.242 e. The van der Waals surface area contributed by atoms with Gasteiger partial charge in [-0.2, -0.15) is 0 Å². The van der Waals surface area contributed by atoms with Crippen LogP contribution in [0.2, 0.25) is 0 Å². The van der Waals surface area contributed by atoms with Crippen molar-refractivity contribution in [3.05, 3.63) is 0 Å². The van der Waals surface area contributed by atoms with Crippen molar-refractivity contribution in [3.63, 3.8) is 0 Å². The molecule has 8 heteroatoms. The van der Waals surface area contributed by atoms with Crippen LogP contribution < -0.4 is 16.0 Å². The van der Waals surface area contributed by atoms with E-state index in [0.717, 1.165) is 25.7 Å². The van der Waals surface area contributed by atoms with Crippen molar-refractivity contribution in [1.29, 1.82) is 0 Å². The van der Waals surface area contributed by atoms with Crippen molar-refractivity contribution in [2.45, 2.75) is 57.4 Å². The van der Waals surface area contributed by atoms with Gasteiger partial charge < -0.3 is 20.9 Å². The van der Waals surface area contributed by atoms with Crippen molar-refractivity contribution < 1.29 is 19.2 Å². The number of likely N-dealkylation sites (N-methyl/N-ethyl adjacent to an activating group) is 1. The highest BCUT2D eigenvalue weighted by atomic mass is 16.2. The van der Waals surface area contributed by atoms with Gasteiger partial charge in [-0.1, -0.05) is 0 Å². The van der Waals surface area contributed by atoms with Crippen LogP contribution in [0.15, 0.2) is 0 Å². The maximum atomic E-state index is 12.9. The van der Waals surface area contributed by atoms with Gasteiger partial charge in [0, 0.05) is 19.0 Å². The van der Waals surface area contributed by atoms with Gasteiger partial charge in [0.2, 0.25) is 23.6 Å². The van der Waals surface area contributed by atoms with Crippen molar-refractivity contribution in [2.24, 2.45) is 23.2 Å². The Morgan fingerprint density at radius 3 is 2.14 bits per heavy atom. The third kappa shape index (κ3) is 3.98. The summed E-state index contributed by atoms with van der Waals surface area (Å²) in [6.07, 6.45) is 8.09. The van der Waals surface area contributed by atoms with Crippen molar-refractivity contribution in [1.82, 2.24) is 20.9 Å². The summed E-state index contributed by atoms with van der Waals surface area (Å²) in [5.74, 6) is 1.22. The van der Waals surface area contributed by atoms with E-state index in [1.807, 2.05) is 0 Å². The van der Waals surface area contributed by atoms with Gasteiger partial charge >= 0.3 is 0 Å². The summed E-state index contributed by atoms with van der Waals surface area (Å²) < 4.78 is 0. The number of likely N-dealkylation sites (tertiary alicyclic amines) is 1. The minimum absolute atomic E-state index is 0.0114. The summed E-state index contributed by atoms with van der Waals surface area (Å²) >= 11 is 0. The van der Waals surface area contributed by atoms with E-state index in [9.17, 15) is 19.2 Å². The average Bonchev–Trinajstić information content (AvgIpc) is 3.18. The standard InChI is InChI=1S/C21H32N4O4/c1-22-19(28)16-3-2-4-25(16)18(27)12-23-17(26)11-24-20(29)21-8-13-5-14(9-21)7-15(6-13)10-21/h13-16H,2-12H2,1H3,(H,22,28)(H,23,26)(H,24,29). The maximum Gasteiger partial charge on any atom is 0.242 e. The van der Waals surface area contributed by atoms with Crippen LogP contribution in [0.3, 0.4) is 0 Å². The summed E-state index contributed by atoms with van der Waals surface area (Å²) in [4.78, 5) is 50.9. The Balaban J connectivity index is 1.23. The van der Waals surface area contributed by atoms with Gasteiger partial charge in [0.15, 0.2) is 0 Å². The summed E-state index contributed by atoms with van der Waals surface area (Å²) in [5, 5.41) is 7.99. The van der Waals surface area contributed by atoms with Crippen LogP contribution >= 0.6 is 0 Å². The zero-order chi connectivity index (χ0) is 20.6. The molecule has 0 aromatic heterocycles. The SMILES string of the molecule is CNC(=O)C1CCCN1C(=O)CNC(=O)CNC(=O)C12CC3CC(CC(C3)C1)C2. The molecule has 4 bridgehead atoms. The highest BCUT2D eigenvalue weighted by Gasteiger charge is 2.54. The van der Waals surface area contributed by atoms with Crippen LogP contribution in [0.25, 0.3) is 0 Å². The van der Waals surface area contributed by atoms with E-state index in [2.05, 4.69) is 16.0 Å². The maximum absolute atomic E-state index is 12.9. The molecule has 1 aliphatic heterocycles. The van der Waals surface area contributed by atoms with E-state index in [0.29, 0.717) is 30.7 Å². The van der Waals surface area contributed by atoms with Gasteiger partial charge in [-0.05, 0) is 69.1 Å². The van der Waals surface area contributed by atoms with Crippen molar-refractivity contribution >= 4 is 23.6 Å². The monoisotopic (exact) mass is 404 g/mol. The second-order valence-electron chi connectivity index (χ2n) is 9.52. The largest absolute Gasteiger partial charge is 0.357 e. The van der Waals surface area contributed by atoms with E-state index < -0.39 is 6.04 Å². The first-order valence-electron chi connectivity index (χ1n) is 11.0. The number of hydrogen-bond acceptors (Lipinski definition) is 4. The molecular weight excluding hydrogens is 372 g/mol. The summed E-state index contributed by atoms with van der Waals surface area (Å²) in [7, 11) is 1.55. The third-order valence-electron chi connectivity index (χ3n) is 7.49. The number of nitrogens with zero attached hydrogens (tertiary/aromatic N) is 1. The van der Waals surface area contributed by atoms with Crippen LogP contribution in [0, 0.1) is 23.2 Å². The van der Waals surface area contributed by atoms with E-state index >= 15 is 0 Å². The fourth-order valence-electron chi connectivity index (χ4n) is 6.58. The lowest BCUT2D eigenvalue weighted by atomic mass is 9.49. The first-order valence-corrected chi connectivity index (χ1v) is 11.0. The van der Waals surface area contributed by atoms with Crippen molar-refractivity contribution in [2.75, 3.05) is 26.7 Å². The lowest BCUT2D eigenvalue weighted by Crippen LogP contribution is -2.55. The molecule has 1 saturated heterocycles. The predicted octanol–water partition coefficient (Wildman–Crippen LogP) is 0.172. The molecule has 29 heavy (non-hydrogen) atoms. The number of amides is 4. The average molecular weight is 405 g/mol. The van der Waals surface area contributed by atoms with Gasteiger partial charge in [0.1, 0.15) is 6.04 Å². The molecule has 8 nitrogen and oxygen atoms in total. The molecule has 1 atom stereocenters. The van der Waals surface area contributed by atoms with Crippen LogP contribution in [-0.2, 0) is 19.2 Å². The molecule has 4 aliphatic carbocycles. The van der Waals surface area contributed by atoms with E-state index in [1.165, 1.54) is 24.2 Å². The first kappa shape index (κ1) is 20.2. The molecule has 1 unspecified atom stereocenters. The zero-order valence-electron chi connectivity index (χ0n) is 17.2. The van der Waals surface area contributed by atoms with Gasteiger partial charge in [-0.25, -0.2) is 0 Å². The van der Waals surface area contributed by atoms with Crippen molar-refractivity contribution in [3.8, 4) is 0 Å². The molecule has 160 valence electrons. The number of carbonyl (C=O) groups excluding carboxylic acids is 4. The van der Waals surface area contributed by atoms with Crippen LogP contribution in [-0.4, -0.2) is 61.3 Å². The minimum atomic E-state index is -0.458. The topological polar surface area (TPSA) is 108 Å². The van der Waals surface area contributed by atoms with Gasteiger partial charge in [0.25, 0.3) is 0 Å². The highest BCUT2D eigenvalue weighted by molar-refractivity contribution is 5.92. The Kier molecular flexibility index (Phi) is 5.53. The molecule has 5 fully saturated rings. The van der Waals surface area contributed by atoms with Gasteiger partial charge in [-0.3, -0.25) is 19.2 Å². The fourth-order valence-corrected chi connectivity index (χ4v) is 6.58. The Morgan fingerprint density at radius 2 is 1.55 bits per heavy atom. The second kappa shape index (κ2) is 7.95. The Labute approximate surface area is 171 Å². The van der Waals surface area contributed by atoms with Crippen LogP contribution in [0.1, 0.15) is 51.4 Å². The first-order chi connectivity index (χ1) is 13.9. The van der Waals surface area contributed by atoms with Crippen LogP contribution in [0.4, 0.5) is 0 Å². The van der Waals surface area contributed by atoms with Crippen LogP contribution in [0.5, 0.6) is 0 Å². The molecule has 0 radical (unpaired) electrons. The quantitative estimate of drug-likeness (QED) is 0.587. The lowest BCUT2D eigenvalue weighted by molar-refractivity contribution is -0.147. The normalized spacial score (nSPS) is 34.7. The third-order valence-corrected chi connectivity index (χ3v) is 7.49. The molecule has 3 N–H and O–H groups in total. The molecular formula is C21H32N4O4. The number of hydrogen-bond donors (Lipinski definition) is 3. The number of carbonyl (C=O) groups is 4. The molecule has 0 aromatic carbocycles. The predicted molar refractivity (Wildman–Crippen MR) is 105 cm³/mol. The summed E-state index contributed by atoms with van der Waals surface area (Å²) in [6.45, 7) is 0.266. The molecule has 5 rings (SSSR count). The van der Waals surface area contributed by atoms with E-state index in [1.54, 1.807) is 7.05 Å². The Hall–Kier alpha value is -2.12. The second-order valence-corrected chi connectivity index (χ2v) is 9.52. The Morgan fingerprint density at radius 1 is 0.931 bits per heavy atom. The summed E-state index contributed by atoms with van der Waals surface area (Å²) in [6, 6.07) is -0.458. The molecule has 4 amide bonds. The molecule has 4 saturated carbocycles.